The molecule has 0 spiro atoms. The monoisotopic (exact) mass is 856 g/mol. The first-order valence-electron chi connectivity index (χ1n) is 19.2. The minimum Gasteiger partial charge on any atom is -0.379 e. The Kier molecular flexibility index (Phi) is 19.7. The molecule has 0 aliphatic heterocycles. The molecule has 0 saturated carbocycles. The predicted molar refractivity (Wildman–Crippen MR) is 232 cm³/mol. The summed E-state index contributed by atoms with van der Waals surface area (Å²) in [6, 6.07) is 3.44. The Morgan fingerprint density at radius 1 is 0.847 bits per heavy atom. The van der Waals surface area contributed by atoms with E-state index < -0.39 is 41.4 Å². The van der Waals surface area contributed by atoms with Crippen LogP contribution in [0.1, 0.15) is 82.3 Å². The zero-order valence-corrected chi connectivity index (χ0v) is 35.6. The smallest absolute Gasteiger partial charge is 0.280 e. The number of amides is 5. The molecule has 1 aromatic carbocycles. The molecule has 0 unspecified atom stereocenters. The number of fused-ring (bicyclic) bond motifs is 1. The topological polar surface area (TPSA) is 319 Å². The molecule has 0 aliphatic rings. The molecule has 0 fully saturated rings. The first-order chi connectivity index (χ1) is 28.1. The summed E-state index contributed by atoms with van der Waals surface area (Å²) in [5, 5.41) is 17.2. The Morgan fingerprint density at radius 2 is 1.49 bits per heavy atom. The van der Waals surface area contributed by atoms with Crippen LogP contribution in [-0.2, 0) is 25.7 Å². The number of anilines is 2. The van der Waals surface area contributed by atoms with Crippen LogP contribution in [0.3, 0.4) is 0 Å². The molecule has 322 valence electrons. The van der Waals surface area contributed by atoms with Crippen molar-refractivity contribution >= 4 is 79.9 Å². The number of nitrogen functional groups attached to an aromatic ring is 1. The summed E-state index contributed by atoms with van der Waals surface area (Å²) in [5.74, 6) is -1.64. The number of nitrogens with zero attached hydrogens (tertiary/aromatic N) is 4. The van der Waals surface area contributed by atoms with Crippen LogP contribution >= 0.6 is 21.6 Å². The maximum atomic E-state index is 13.5. The van der Waals surface area contributed by atoms with Crippen LogP contribution in [0.25, 0.3) is 11.2 Å². The Labute approximate surface area is 350 Å². The van der Waals surface area contributed by atoms with Crippen LogP contribution < -0.4 is 54.7 Å². The SMILES string of the molecule is CC[C@H](NC(=O)CC[C@@H](C)NC(=O)c1ccc(NCc2cnc3nc(N)[nH]c(=O)c3n2)cc1)C(=O)N[C@@H](CCCN=C(N)N)C(=O)N[C@@H](CC)C(=O)N[C@H](C)CSSC. The summed E-state index contributed by atoms with van der Waals surface area (Å²) < 4.78 is 0. The van der Waals surface area contributed by atoms with E-state index in [1.165, 1.54) is 6.20 Å². The number of benzene rings is 1. The molecule has 22 heteroatoms. The maximum absolute atomic E-state index is 13.5. The van der Waals surface area contributed by atoms with Gasteiger partial charge >= 0.3 is 0 Å². The van der Waals surface area contributed by atoms with Gasteiger partial charge in [0.05, 0.1) is 18.4 Å². The molecule has 20 nitrogen and oxygen atoms in total. The van der Waals surface area contributed by atoms with Crippen molar-refractivity contribution in [3.05, 3.63) is 52.1 Å². The standard InChI is InChI=1S/C37H56N14O6S2/c1-6-25(33(55)49-27(9-8-16-41-36(38)39)34(56)48-26(7-2)32(54)45-21(4)19-59-58-5)47-28(52)15-10-20(3)44-31(53)22-11-13-23(14-12-22)42-17-24-18-43-30-29(46-24)35(57)51-37(40)50-30/h11-14,18,20-21,25-27,42H,6-10,15-17,19H2,1-5H3,(H,44,53)(H,45,54)(H,47,52)(H,48,56)(H,49,55)(H4,38,39,41)(H3,40,43,50,51,57)/t20-,21-,25+,26+,27+/m1/s1. The Morgan fingerprint density at radius 3 is 2.15 bits per heavy atom. The van der Waals surface area contributed by atoms with E-state index in [4.69, 9.17) is 17.2 Å². The highest BCUT2D eigenvalue weighted by atomic mass is 33.1. The zero-order chi connectivity index (χ0) is 43.5. The summed E-state index contributed by atoms with van der Waals surface area (Å²) in [4.78, 5) is 96.6. The van der Waals surface area contributed by atoms with Crippen molar-refractivity contribution in [3.63, 3.8) is 0 Å². The number of aliphatic imine (C=N–C) groups is 1. The van der Waals surface area contributed by atoms with Crippen molar-refractivity contribution in [2.24, 2.45) is 16.5 Å². The quantitative estimate of drug-likeness (QED) is 0.0256. The van der Waals surface area contributed by atoms with E-state index in [0.717, 1.165) is 0 Å². The molecule has 0 aliphatic carbocycles. The van der Waals surface area contributed by atoms with Gasteiger partial charge in [-0.25, -0.2) is 9.97 Å². The Bertz CT molecular complexity index is 1980. The number of carbonyl (C=O) groups excluding carboxylic acids is 5. The first-order valence-corrected chi connectivity index (χ1v) is 21.9. The third-order valence-corrected chi connectivity index (χ3v) is 10.8. The highest BCUT2D eigenvalue weighted by molar-refractivity contribution is 8.76. The third-order valence-electron chi connectivity index (χ3n) is 8.79. The lowest BCUT2D eigenvalue weighted by atomic mass is 10.1. The lowest BCUT2D eigenvalue weighted by Gasteiger charge is -2.25. The number of carbonyl (C=O) groups is 5. The number of rotatable bonds is 24. The normalized spacial score (nSPS) is 13.5. The lowest BCUT2D eigenvalue weighted by Crippen LogP contribution is -2.57. The molecule has 2 aromatic heterocycles. The molecule has 0 radical (unpaired) electrons. The van der Waals surface area contributed by atoms with Crippen molar-refractivity contribution in [3.8, 4) is 0 Å². The van der Waals surface area contributed by atoms with Crippen LogP contribution in [0.15, 0.2) is 40.2 Å². The van der Waals surface area contributed by atoms with Gasteiger partial charge in [0.1, 0.15) is 18.1 Å². The fraction of sp³-hybridized carbons (Fsp3) is 0.514. The van der Waals surface area contributed by atoms with E-state index >= 15 is 0 Å². The summed E-state index contributed by atoms with van der Waals surface area (Å²) in [6.45, 7) is 7.63. The fourth-order valence-electron chi connectivity index (χ4n) is 5.56. The predicted octanol–water partition coefficient (Wildman–Crippen LogP) is 0.650. The van der Waals surface area contributed by atoms with Gasteiger partial charge in [-0.2, -0.15) is 4.98 Å². The molecule has 0 bridgehead atoms. The van der Waals surface area contributed by atoms with Gasteiger partial charge in [-0.05, 0) is 76.5 Å². The minimum atomic E-state index is -1.03. The highest BCUT2D eigenvalue weighted by Crippen LogP contribution is 2.17. The number of guanidine groups is 1. The Balaban J connectivity index is 1.50. The van der Waals surface area contributed by atoms with Crippen LogP contribution in [0.5, 0.6) is 0 Å². The van der Waals surface area contributed by atoms with E-state index in [1.54, 1.807) is 66.6 Å². The summed E-state index contributed by atoms with van der Waals surface area (Å²) in [7, 11) is 3.20. The molecule has 3 aromatic rings. The van der Waals surface area contributed by atoms with Gasteiger partial charge in [0.15, 0.2) is 17.1 Å². The maximum Gasteiger partial charge on any atom is 0.280 e. The van der Waals surface area contributed by atoms with Gasteiger partial charge < -0.3 is 49.1 Å². The molecule has 0 saturated heterocycles. The van der Waals surface area contributed by atoms with Crippen molar-refractivity contribution in [1.29, 1.82) is 0 Å². The summed E-state index contributed by atoms with van der Waals surface area (Å²) in [6.07, 6.45) is 4.85. The molecule has 5 amide bonds. The molecule has 59 heavy (non-hydrogen) atoms. The average Bonchev–Trinajstić information content (AvgIpc) is 3.20. The number of hydrogen-bond acceptors (Lipinski definition) is 14. The fourth-order valence-corrected chi connectivity index (χ4v) is 7.00. The lowest BCUT2D eigenvalue weighted by molar-refractivity contribution is -0.134. The molecular formula is C37H56N14O6S2. The number of nitrogens with one attached hydrogen (secondary N) is 7. The number of aromatic nitrogens is 4. The van der Waals surface area contributed by atoms with Crippen molar-refractivity contribution in [2.45, 2.75) is 103 Å². The van der Waals surface area contributed by atoms with Gasteiger partial charge in [0.25, 0.3) is 11.5 Å². The highest BCUT2D eigenvalue weighted by Gasteiger charge is 2.29. The van der Waals surface area contributed by atoms with Gasteiger partial charge in [-0.15, -0.1) is 0 Å². The van der Waals surface area contributed by atoms with Crippen LogP contribution in [-0.4, -0.2) is 104 Å². The molecule has 5 atom stereocenters. The number of hydrogen-bond donors (Lipinski definition) is 10. The van der Waals surface area contributed by atoms with E-state index in [-0.39, 0.29) is 85.7 Å². The number of H-pyrrole nitrogens is 1. The van der Waals surface area contributed by atoms with E-state index in [1.807, 2.05) is 13.2 Å². The van der Waals surface area contributed by atoms with Gasteiger partial charge in [-0.1, -0.05) is 35.4 Å². The van der Waals surface area contributed by atoms with Crippen LogP contribution in [0.4, 0.5) is 11.6 Å². The van der Waals surface area contributed by atoms with Crippen molar-refractivity contribution < 1.29 is 24.0 Å². The zero-order valence-electron chi connectivity index (χ0n) is 33.9. The van der Waals surface area contributed by atoms with Crippen LogP contribution in [0, 0.1) is 0 Å². The second-order valence-electron chi connectivity index (χ2n) is 13.7. The molecule has 3 rings (SSSR count). The van der Waals surface area contributed by atoms with Gasteiger partial charge in [-0.3, -0.25) is 38.7 Å². The third kappa shape index (κ3) is 16.3. The van der Waals surface area contributed by atoms with E-state index in [0.29, 0.717) is 35.5 Å². The molecule has 13 N–H and O–H groups in total. The molecule has 2 heterocycles. The Hall–Kier alpha value is -5.64. The second-order valence-corrected chi connectivity index (χ2v) is 16.3. The summed E-state index contributed by atoms with van der Waals surface area (Å²) in [5.41, 5.74) is 17.8. The number of aromatic amines is 1. The van der Waals surface area contributed by atoms with E-state index in [9.17, 15) is 28.8 Å². The first kappa shape index (κ1) is 47.7. The van der Waals surface area contributed by atoms with Crippen molar-refractivity contribution in [2.75, 3.05) is 29.6 Å². The van der Waals surface area contributed by atoms with Crippen LogP contribution in [0.2, 0.25) is 0 Å². The van der Waals surface area contributed by atoms with Gasteiger partial charge in [0.2, 0.25) is 29.6 Å². The average molecular weight is 857 g/mol. The minimum absolute atomic E-state index is 0.0185. The van der Waals surface area contributed by atoms with Gasteiger partial charge in [0, 0.05) is 42.1 Å². The largest absolute Gasteiger partial charge is 0.379 e. The molecular weight excluding hydrogens is 801 g/mol. The summed E-state index contributed by atoms with van der Waals surface area (Å²) >= 11 is 0. The number of nitrogens with two attached hydrogens (primary N) is 3. The second kappa shape index (κ2) is 24.3. The van der Waals surface area contributed by atoms with E-state index in [2.05, 4.69) is 56.8 Å². The van der Waals surface area contributed by atoms with Crippen molar-refractivity contribution in [1.82, 2.24) is 46.5 Å².